The maximum absolute atomic E-state index is 11.9. The predicted molar refractivity (Wildman–Crippen MR) is 109 cm³/mol. The van der Waals surface area contributed by atoms with Crippen molar-refractivity contribution in [2.24, 2.45) is 29.1 Å². The van der Waals surface area contributed by atoms with Crippen molar-refractivity contribution < 1.29 is 14.6 Å². The standard InChI is InChI=1S/C25H30O3/c1-16-5-3-4-6-21(16)25(28-2)8-7-20(23(26)27)12-22(25)24-13-17-9-18(14-24)11-19(10-17)15-24/h3-8,12,17-20H,9-11,13-15H2,1-2H3,(H,26,27). The first-order valence-electron chi connectivity index (χ1n) is 10.7. The lowest BCUT2D eigenvalue weighted by atomic mass is 9.45. The average molecular weight is 379 g/mol. The number of carboxylic acid groups (broad SMARTS) is 1. The molecule has 2 atom stereocenters. The maximum Gasteiger partial charge on any atom is 0.314 e. The first-order valence-corrected chi connectivity index (χ1v) is 10.7. The van der Waals surface area contributed by atoms with Gasteiger partial charge in [-0.15, -0.1) is 0 Å². The minimum absolute atomic E-state index is 0.0888. The fourth-order valence-corrected chi connectivity index (χ4v) is 7.37. The molecule has 28 heavy (non-hydrogen) atoms. The second-order valence-electron chi connectivity index (χ2n) is 9.76. The van der Waals surface area contributed by atoms with E-state index in [4.69, 9.17) is 4.74 Å². The van der Waals surface area contributed by atoms with Crippen LogP contribution in [0.5, 0.6) is 0 Å². The Morgan fingerprint density at radius 2 is 1.68 bits per heavy atom. The average Bonchev–Trinajstić information content (AvgIpc) is 2.66. The summed E-state index contributed by atoms with van der Waals surface area (Å²) in [6.07, 6.45) is 13.6. The molecule has 2 unspecified atom stereocenters. The van der Waals surface area contributed by atoms with Crippen LogP contribution in [-0.4, -0.2) is 18.2 Å². The Morgan fingerprint density at radius 1 is 1.07 bits per heavy atom. The number of benzene rings is 1. The van der Waals surface area contributed by atoms with E-state index >= 15 is 0 Å². The molecule has 1 aromatic carbocycles. The zero-order valence-corrected chi connectivity index (χ0v) is 16.9. The zero-order valence-electron chi connectivity index (χ0n) is 16.9. The highest BCUT2D eigenvalue weighted by Crippen LogP contribution is 2.66. The maximum atomic E-state index is 11.9. The summed E-state index contributed by atoms with van der Waals surface area (Å²) in [5, 5.41) is 9.77. The van der Waals surface area contributed by atoms with Gasteiger partial charge in [0.2, 0.25) is 0 Å². The molecule has 4 bridgehead atoms. The molecule has 0 saturated heterocycles. The molecule has 0 aromatic heterocycles. The second-order valence-corrected chi connectivity index (χ2v) is 9.76. The summed E-state index contributed by atoms with van der Waals surface area (Å²) in [6.45, 7) is 2.13. The Bertz CT molecular complexity index is 829. The van der Waals surface area contributed by atoms with Crippen LogP contribution in [0, 0.1) is 36.0 Å². The third-order valence-corrected chi connectivity index (χ3v) is 8.05. The van der Waals surface area contributed by atoms with Gasteiger partial charge in [0, 0.05) is 7.11 Å². The van der Waals surface area contributed by atoms with Crippen LogP contribution in [-0.2, 0) is 15.1 Å². The van der Waals surface area contributed by atoms with Crippen molar-refractivity contribution in [3.05, 3.63) is 59.2 Å². The van der Waals surface area contributed by atoms with Crippen LogP contribution < -0.4 is 0 Å². The summed E-state index contributed by atoms with van der Waals surface area (Å²) in [4.78, 5) is 11.9. The van der Waals surface area contributed by atoms with E-state index in [1.807, 2.05) is 18.2 Å². The number of aliphatic carboxylic acids is 1. The monoisotopic (exact) mass is 378 g/mol. The van der Waals surface area contributed by atoms with Gasteiger partial charge in [0.1, 0.15) is 5.60 Å². The van der Waals surface area contributed by atoms with Crippen molar-refractivity contribution in [3.8, 4) is 0 Å². The predicted octanol–water partition coefficient (Wildman–Crippen LogP) is 5.25. The SMILES string of the molecule is COC1(c2ccccc2C)C=CC(C(=O)O)C=C1C12CC3CC(CC(C3)C1)C2. The van der Waals surface area contributed by atoms with Gasteiger partial charge in [-0.3, -0.25) is 4.79 Å². The van der Waals surface area contributed by atoms with Gasteiger partial charge in [-0.25, -0.2) is 0 Å². The molecule has 4 fully saturated rings. The number of methoxy groups -OCH3 is 1. The van der Waals surface area contributed by atoms with Crippen molar-refractivity contribution in [2.75, 3.05) is 7.11 Å². The Morgan fingerprint density at radius 3 is 2.21 bits per heavy atom. The van der Waals surface area contributed by atoms with Crippen LogP contribution in [0.15, 0.2) is 48.1 Å². The Kier molecular flexibility index (Phi) is 4.10. The molecule has 5 aliphatic rings. The van der Waals surface area contributed by atoms with Crippen LogP contribution in [0.25, 0.3) is 0 Å². The number of hydrogen-bond donors (Lipinski definition) is 1. The third-order valence-electron chi connectivity index (χ3n) is 8.05. The summed E-state index contributed by atoms with van der Waals surface area (Å²) >= 11 is 0. The van der Waals surface area contributed by atoms with E-state index in [0.29, 0.717) is 0 Å². The highest BCUT2D eigenvalue weighted by molar-refractivity contribution is 5.76. The summed E-state index contributed by atoms with van der Waals surface area (Å²) in [6, 6.07) is 8.41. The van der Waals surface area contributed by atoms with Gasteiger partial charge in [-0.05, 0) is 91.4 Å². The summed E-state index contributed by atoms with van der Waals surface area (Å²) in [5.74, 6) is 1.07. The minimum atomic E-state index is -0.770. The molecular formula is C25H30O3. The Hall–Kier alpha value is -1.87. The van der Waals surface area contributed by atoms with Crippen LogP contribution in [0.3, 0.4) is 0 Å². The van der Waals surface area contributed by atoms with Gasteiger partial charge in [0.25, 0.3) is 0 Å². The van der Waals surface area contributed by atoms with Crippen LogP contribution in [0.1, 0.15) is 49.7 Å². The molecule has 4 saturated carbocycles. The molecular weight excluding hydrogens is 348 g/mol. The van der Waals surface area contributed by atoms with Crippen molar-refractivity contribution in [1.82, 2.24) is 0 Å². The van der Waals surface area contributed by atoms with Gasteiger partial charge in [-0.2, -0.15) is 0 Å². The van der Waals surface area contributed by atoms with E-state index in [9.17, 15) is 9.90 Å². The molecule has 0 spiro atoms. The van der Waals surface area contributed by atoms with E-state index < -0.39 is 17.5 Å². The molecule has 3 heteroatoms. The lowest BCUT2D eigenvalue weighted by Gasteiger charge is -2.60. The van der Waals surface area contributed by atoms with E-state index in [1.54, 1.807) is 7.11 Å². The first kappa shape index (κ1) is 18.2. The first-order chi connectivity index (χ1) is 13.5. The summed E-state index contributed by atoms with van der Waals surface area (Å²) < 4.78 is 6.33. The van der Waals surface area contributed by atoms with Gasteiger partial charge in [-0.1, -0.05) is 36.4 Å². The molecule has 0 heterocycles. The number of ether oxygens (including phenoxy) is 1. The largest absolute Gasteiger partial charge is 0.481 e. The molecule has 1 aromatic rings. The lowest BCUT2D eigenvalue weighted by molar-refractivity contribution is -0.138. The van der Waals surface area contributed by atoms with Crippen molar-refractivity contribution in [1.29, 1.82) is 0 Å². The molecule has 5 aliphatic carbocycles. The smallest absolute Gasteiger partial charge is 0.314 e. The lowest BCUT2D eigenvalue weighted by Crippen LogP contribution is -2.51. The normalized spacial score (nSPS) is 41.1. The zero-order chi connectivity index (χ0) is 19.5. The minimum Gasteiger partial charge on any atom is -0.481 e. The van der Waals surface area contributed by atoms with Gasteiger partial charge in [0.15, 0.2) is 0 Å². The van der Waals surface area contributed by atoms with Crippen LogP contribution in [0.4, 0.5) is 0 Å². The fourth-order valence-electron chi connectivity index (χ4n) is 7.37. The topological polar surface area (TPSA) is 46.5 Å². The van der Waals surface area contributed by atoms with E-state index in [0.717, 1.165) is 23.3 Å². The molecule has 1 N–H and O–H groups in total. The number of rotatable bonds is 4. The molecule has 0 radical (unpaired) electrons. The number of hydrogen-bond acceptors (Lipinski definition) is 2. The van der Waals surface area contributed by atoms with Gasteiger partial charge < -0.3 is 9.84 Å². The van der Waals surface area contributed by atoms with Gasteiger partial charge in [0.05, 0.1) is 5.92 Å². The van der Waals surface area contributed by atoms with E-state index in [2.05, 4.69) is 31.2 Å². The molecule has 148 valence electrons. The van der Waals surface area contributed by atoms with Crippen molar-refractivity contribution in [3.63, 3.8) is 0 Å². The van der Waals surface area contributed by atoms with E-state index in [-0.39, 0.29) is 5.41 Å². The van der Waals surface area contributed by atoms with Crippen LogP contribution >= 0.6 is 0 Å². The summed E-state index contributed by atoms with van der Waals surface area (Å²) in [7, 11) is 1.78. The summed E-state index contributed by atoms with van der Waals surface area (Å²) in [5.41, 5.74) is 3.01. The molecule has 0 aliphatic heterocycles. The number of carbonyl (C=O) groups is 1. The van der Waals surface area contributed by atoms with E-state index in [1.165, 1.54) is 49.7 Å². The number of carboxylic acids is 1. The van der Waals surface area contributed by atoms with Crippen molar-refractivity contribution in [2.45, 2.75) is 51.0 Å². The van der Waals surface area contributed by atoms with Crippen LogP contribution in [0.2, 0.25) is 0 Å². The van der Waals surface area contributed by atoms with Crippen molar-refractivity contribution >= 4 is 5.97 Å². The Labute approximate surface area is 167 Å². The van der Waals surface area contributed by atoms with Gasteiger partial charge >= 0.3 is 5.97 Å². The Balaban J connectivity index is 1.69. The molecule has 3 nitrogen and oxygen atoms in total. The molecule has 6 rings (SSSR count). The highest BCUT2D eigenvalue weighted by atomic mass is 16.5. The number of aryl methyl sites for hydroxylation is 1. The quantitative estimate of drug-likeness (QED) is 0.728. The second kappa shape index (κ2) is 6.32. The fraction of sp³-hybridized carbons (Fsp3) is 0.560. The highest BCUT2D eigenvalue weighted by Gasteiger charge is 2.57. The molecule has 0 amide bonds. The third kappa shape index (κ3) is 2.55.